The second-order valence-corrected chi connectivity index (χ2v) is 8.12. The maximum atomic E-state index is 13.0. The van der Waals surface area contributed by atoms with Crippen LogP contribution < -0.4 is 21.1 Å². The maximum absolute atomic E-state index is 13.0. The summed E-state index contributed by atoms with van der Waals surface area (Å²) in [4.78, 5) is 39.1. The molecule has 0 unspecified atom stereocenters. The molecule has 0 saturated carbocycles. The van der Waals surface area contributed by atoms with Gasteiger partial charge in [0.05, 0.1) is 11.2 Å². The van der Waals surface area contributed by atoms with E-state index in [1.54, 1.807) is 12.1 Å². The summed E-state index contributed by atoms with van der Waals surface area (Å²) < 4.78 is 42.5. The van der Waals surface area contributed by atoms with Crippen molar-refractivity contribution < 1.29 is 32.3 Å². The van der Waals surface area contributed by atoms with Crippen LogP contribution in [0.3, 0.4) is 0 Å². The summed E-state index contributed by atoms with van der Waals surface area (Å²) in [6.07, 6.45) is -2.51. The average molecular weight is 489 g/mol. The normalized spacial score (nSPS) is 15.8. The molecule has 1 aliphatic heterocycles. The molecule has 1 aromatic heterocycles. The Morgan fingerprint density at radius 3 is 2.60 bits per heavy atom. The average Bonchev–Trinajstić information content (AvgIpc) is 3.38. The van der Waals surface area contributed by atoms with Gasteiger partial charge in [0.2, 0.25) is 5.91 Å². The monoisotopic (exact) mass is 489 g/mol. The molecule has 0 aliphatic carbocycles. The van der Waals surface area contributed by atoms with Gasteiger partial charge in [-0.05, 0) is 43.5 Å². The van der Waals surface area contributed by atoms with Crippen LogP contribution in [0.2, 0.25) is 0 Å². The summed E-state index contributed by atoms with van der Waals surface area (Å²) in [5, 5.41) is 5.88. The summed E-state index contributed by atoms with van der Waals surface area (Å²) in [5.41, 5.74) is 7.34. The Labute approximate surface area is 197 Å². The lowest BCUT2D eigenvalue weighted by molar-refractivity contribution is -0.274. The maximum Gasteiger partial charge on any atom is 0.573 e. The van der Waals surface area contributed by atoms with Gasteiger partial charge < -0.3 is 26.0 Å². The quantitative estimate of drug-likeness (QED) is 0.503. The zero-order valence-corrected chi connectivity index (χ0v) is 18.6. The predicted octanol–water partition coefficient (Wildman–Crippen LogP) is 4.41. The van der Waals surface area contributed by atoms with Crippen molar-refractivity contribution in [1.29, 1.82) is 0 Å². The van der Waals surface area contributed by atoms with Crippen LogP contribution in [0.4, 0.5) is 34.1 Å². The molecule has 3 aromatic rings. The number of hydrogen-bond donors (Lipinski definition) is 3. The molecule has 1 fully saturated rings. The number of carbonyl (C=O) groups is 3. The third-order valence-electron chi connectivity index (χ3n) is 5.59. The Balaban J connectivity index is 1.49. The topological polar surface area (TPSA) is 119 Å². The second-order valence-electron chi connectivity index (χ2n) is 8.12. The molecular weight excluding hydrogens is 467 g/mol. The van der Waals surface area contributed by atoms with E-state index >= 15 is 0 Å². The van der Waals surface area contributed by atoms with E-state index in [1.807, 2.05) is 13.0 Å². The van der Waals surface area contributed by atoms with E-state index in [4.69, 9.17) is 5.73 Å². The van der Waals surface area contributed by atoms with Crippen molar-refractivity contribution in [3.8, 4) is 5.75 Å². The fourth-order valence-electron chi connectivity index (χ4n) is 4.08. The highest BCUT2D eigenvalue weighted by Gasteiger charge is 2.35. The number of halogens is 3. The highest BCUT2D eigenvalue weighted by molar-refractivity contribution is 6.06. The number of nitrogens with two attached hydrogens (primary N) is 1. The number of alkyl halides is 3. The third-order valence-corrected chi connectivity index (χ3v) is 5.59. The summed E-state index contributed by atoms with van der Waals surface area (Å²) in [5.74, 6) is -1.02. The molecule has 1 atom stereocenters. The molecular formula is C23H22F3N5O4. The van der Waals surface area contributed by atoms with Crippen molar-refractivity contribution in [2.24, 2.45) is 5.73 Å². The number of rotatable bonds is 4. The standard InChI is InChI=1S/C23H22F3N5O4/c1-13-7-8-16-17(12-31(21(27)33)19(16)10-13)29-22(34)30-9-3-6-18(30)20(32)28-14-4-2-5-15(11-14)35-23(24,25)26/h2,4-5,7-8,10-12,18H,3,6,9H2,1H3,(H2,27,33)(H,28,32)(H,29,34)/t18-/m0/s1. The zero-order chi connectivity index (χ0) is 25.3. The SMILES string of the molecule is Cc1ccc2c(NC(=O)N3CCC[C@H]3C(=O)Nc3cccc(OC(F)(F)F)c3)cn(C(N)=O)c2c1. The van der Waals surface area contributed by atoms with Gasteiger partial charge >= 0.3 is 18.4 Å². The number of benzene rings is 2. The molecule has 0 bridgehead atoms. The molecule has 0 radical (unpaired) electrons. The summed E-state index contributed by atoms with van der Waals surface area (Å²) in [6, 6.07) is 8.13. The molecule has 12 heteroatoms. The van der Waals surface area contributed by atoms with Crippen molar-refractivity contribution >= 4 is 40.2 Å². The fraction of sp³-hybridized carbons (Fsp3) is 0.261. The van der Waals surface area contributed by atoms with Crippen LogP contribution in [-0.4, -0.2) is 46.4 Å². The van der Waals surface area contributed by atoms with Crippen molar-refractivity contribution in [1.82, 2.24) is 9.47 Å². The van der Waals surface area contributed by atoms with E-state index in [-0.39, 0.29) is 5.69 Å². The minimum absolute atomic E-state index is 0.101. The number of nitrogens with one attached hydrogen (secondary N) is 2. The van der Waals surface area contributed by atoms with Gasteiger partial charge in [-0.15, -0.1) is 13.2 Å². The lowest BCUT2D eigenvalue weighted by Gasteiger charge is -2.24. The Bertz CT molecular complexity index is 1300. The lowest BCUT2D eigenvalue weighted by atomic mass is 10.1. The highest BCUT2D eigenvalue weighted by atomic mass is 19.4. The van der Waals surface area contributed by atoms with Crippen molar-refractivity contribution in [3.05, 3.63) is 54.2 Å². The molecule has 184 valence electrons. The number of nitrogens with zero attached hydrogens (tertiary/aromatic N) is 2. The van der Waals surface area contributed by atoms with Gasteiger partial charge in [0.15, 0.2) is 0 Å². The van der Waals surface area contributed by atoms with Gasteiger partial charge in [-0.2, -0.15) is 0 Å². The Hall–Kier alpha value is -4.22. The van der Waals surface area contributed by atoms with Crippen LogP contribution in [0.15, 0.2) is 48.7 Å². The number of urea groups is 1. The number of primary amides is 1. The molecule has 0 spiro atoms. The Morgan fingerprint density at radius 1 is 1.11 bits per heavy atom. The van der Waals surface area contributed by atoms with E-state index in [0.29, 0.717) is 36.0 Å². The van der Waals surface area contributed by atoms with Crippen LogP contribution in [-0.2, 0) is 4.79 Å². The summed E-state index contributed by atoms with van der Waals surface area (Å²) >= 11 is 0. The lowest BCUT2D eigenvalue weighted by Crippen LogP contribution is -2.45. The first-order valence-corrected chi connectivity index (χ1v) is 10.7. The molecule has 2 aromatic carbocycles. The van der Waals surface area contributed by atoms with Gasteiger partial charge in [0.1, 0.15) is 11.8 Å². The molecule has 4 N–H and O–H groups in total. The largest absolute Gasteiger partial charge is 0.573 e. The minimum Gasteiger partial charge on any atom is -0.406 e. The highest BCUT2D eigenvalue weighted by Crippen LogP contribution is 2.29. The van der Waals surface area contributed by atoms with Gasteiger partial charge in [0.25, 0.3) is 0 Å². The van der Waals surface area contributed by atoms with Gasteiger partial charge in [-0.25, -0.2) is 9.59 Å². The van der Waals surface area contributed by atoms with Crippen LogP contribution in [0.5, 0.6) is 5.75 Å². The van der Waals surface area contributed by atoms with E-state index in [2.05, 4.69) is 15.4 Å². The van der Waals surface area contributed by atoms with Crippen molar-refractivity contribution in [2.45, 2.75) is 32.2 Å². The van der Waals surface area contributed by atoms with Gasteiger partial charge in [-0.3, -0.25) is 9.36 Å². The molecule has 1 saturated heterocycles. The van der Waals surface area contributed by atoms with Crippen LogP contribution in [0, 0.1) is 6.92 Å². The number of carbonyl (C=O) groups excluding carboxylic acids is 3. The number of anilines is 2. The number of ether oxygens (including phenoxy) is 1. The van der Waals surface area contributed by atoms with Crippen LogP contribution in [0.25, 0.3) is 10.9 Å². The number of amides is 4. The Kier molecular flexibility index (Phi) is 6.29. The first-order valence-electron chi connectivity index (χ1n) is 10.7. The number of aryl methyl sites for hydroxylation is 1. The molecule has 2 heterocycles. The van der Waals surface area contributed by atoms with Crippen LogP contribution in [0.1, 0.15) is 18.4 Å². The summed E-state index contributed by atoms with van der Waals surface area (Å²) in [7, 11) is 0. The summed E-state index contributed by atoms with van der Waals surface area (Å²) in [6.45, 7) is 2.16. The number of hydrogen-bond acceptors (Lipinski definition) is 4. The smallest absolute Gasteiger partial charge is 0.406 e. The fourth-order valence-corrected chi connectivity index (χ4v) is 4.08. The van der Waals surface area contributed by atoms with E-state index in [0.717, 1.165) is 17.7 Å². The zero-order valence-electron chi connectivity index (χ0n) is 18.6. The van der Waals surface area contributed by atoms with Gasteiger partial charge in [-0.1, -0.05) is 18.2 Å². The second kappa shape index (κ2) is 9.20. The van der Waals surface area contributed by atoms with Crippen LogP contribution >= 0.6 is 0 Å². The van der Waals surface area contributed by atoms with Crippen molar-refractivity contribution in [3.63, 3.8) is 0 Å². The molecule has 4 amide bonds. The number of fused-ring (bicyclic) bond motifs is 1. The first-order chi connectivity index (χ1) is 16.5. The third kappa shape index (κ3) is 5.31. The predicted molar refractivity (Wildman–Crippen MR) is 122 cm³/mol. The molecule has 9 nitrogen and oxygen atoms in total. The minimum atomic E-state index is -4.86. The Morgan fingerprint density at radius 2 is 1.89 bits per heavy atom. The van der Waals surface area contributed by atoms with E-state index in [1.165, 1.54) is 27.8 Å². The number of aromatic nitrogens is 1. The molecule has 35 heavy (non-hydrogen) atoms. The van der Waals surface area contributed by atoms with E-state index in [9.17, 15) is 27.6 Å². The molecule has 4 rings (SSSR count). The van der Waals surface area contributed by atoms with E-state index < -0.39 is 36.1 Å². The van der Waals surface area contributed by atoms with Gasteiger partial charge in [0, 0.05) is 29.9 Å². The molecule has 1 aliphatic rings. The number of likely N-dealkylation sites (tertiary alicyclic amines) is 1. The first kappa shape index (κ1) is 23.9. The van der Waals surface area contributed by atoms with Crippen molar-refractivity contribution in [2.75, 3.05) is 17.2 Å².